The van der Waals surface area contributed by atoms with Crippen LogP contribution in [0.3, 0.4) is 0 Å². The number of hydrogen-bond acceptors (Lipinski definition) is 5. The van der Waals surface area contributed by atoms with E-state index in [-0.39, 0.29) is 5.78 Å². The van der Waals surface area contributed by atoms with Crippen LogP contribution in [0.5, 0.6) is 0 Å². The van der Waals surface area contributed by atoms with E-state index in [0.717, 1.165) is 18.1 Å². The fourth-order valence-electron chi connectivity index (χ4n) is 2.51. The molecule has 0 aliphatic heterocycles. The Kier molecular flexibility index (Phi) is 5.04. The molecule has 126 valence electrons. The zero-order valence-electron chi connectivity index (χ0n) is 14.3. The highest BCUT2D eigenvalue weighted by molar-refractivity contribution is 5.95. The number of anilines is 3. The number of benzene rings is 2. The smallest absolute Gasteiger partial charge is 0.229 e. The van der Waals surface area contributed by atoms with Gasteiger partial charge in [-0.05, 0) is 30.7 Å². The van der Waals surface area contributed by atoms with Gasteiger partial charge in [-0.1, -0.05) is 42.5 Å². The summed E-state index contributed by atoms with van der Waals surface area (Å²) in [7, 11) is 2.00. The predicted octanol–water partition coefficient (Wildman–Crippen LogP) is 4.06. The van der Waals surface area contributed by atoms with E-state index < -0.39 is 0 Å². The minimum atomic E-state index is 0.0286. The number of carbonyl (C=O) groups excluding carboxylic acids is 1. The first-order chi connectivity index (χ1) is 12.1. The Balaban J connectivity index is 1.75. The van der Waals surface area contributed by atoms with Gasteiger partial charge in [0.25, 0.3) is 0 Å². The van der Waals surface area contributed by atoms with Gasteiger partial charge in [-0.15, -0.1) is 0 Å². The third-order valence-electron chi connectivity index (χ3n) is 3.82. The minimum Gasteiger partial charge on any atom is -0.355 e. The Morgan fingerprint density at radius 2 is 1.88 bits per heavy atom. The summed E-state index contributed by atoms with van der Waals surface area (Å²) in [5.74, 6) is 1.35. The Morgan fingerprint density at radius 1 is 1.08 bits per heavy atom. The zero-order valence-corrected chi connectivity index (χ0v) is 14.3. The van der Waals surface area contributed by atoms with E-state index in [1.165, 1.54) is 5.56 Å². The summed E-state index contributed by atoms with van der Waals surface area (Å²) in [6.07, 6.45) is 1.72. The van der Waals surface area contributed by atoms with Crippen LogP contribution in [0.1, 0.15) is 22.8 Å². The van der Waals surface area contributed by atoms with Crippen LogP contribution in [0, 0.1) is 0 Å². The second-order valence-corrected chi connectivity index (χ2v) is 5.84. The molecule has 1 aromatic heterocycles. The third-order valence-corrected chi connectivity index (χ3v) is 3.82. The van der Waals surface area contributed by atoms with Crippen LogP contribution in [0.4, 0.5) is 17.5 Å². The number of ketones is 1. The van der Waals surface area contributed by atoms with E-state index in [1.54, 1.807) is 25.3 Å². The molecule has 0 fully saturated rings. The van der Waals surface area contributed by atoms with Gasteiger partial charge in [-0.3, -0.25) is 4.79 Å². The summed E-state index contributed by atoms with van der Waals surface area (Å²) < 4.78 is 0. The molecule has 0 aliphatic rings. The molecule has 0 radical (unpaired) electrons. The van der Waals surface area contributed by atoms with Gasteiger partial charge in [0.1, 0.15) is 5.82 Å². The van der Waals surface area contributed by atoms with Crippen molar-refractivity contribution in [2.75, 3.05) is 17.3 Å². The number of hydrogen-bond donors (Lipinski definition) is 1. The van der Waals surface area contributed by atoms with Gasteiger partial charge in [0.2, 0.25) is 5.95 Å². The molecule has 5 heteroatoms. The molecule has 1 heterocycles. The van der Waals surface area contributed by atoms with Gasteiger partial charge in [0.15, 0.2) is 5.78 Å². The predicted molar refractivity (Wildman–Crippen MR) is 100 cm³/mol. The van der Waals surface area contributed by atoms with Crippen molar-refractivity contribution >= 4 is 23.2 Å². The van der Waals surface area contributed by atoms with Crippen LogP contribution in [-0.4, -0.2) is 22.8 Å². The number of rotatable bonds is 6. The maximum Gasteiger partial charge on any atom is 0.229 e. The third kappa shape index (κ3) is 4.41. The maximum atomic E-state index is 11.5. The first-order valence-electron chi connectivity index (χ1n) is 8.08. The van der Waals surface area contributed by atoms with Crippen molar-refractivity contribution in [2.45, 2.75) is 13.5 Å². The zero-order chi connectivity index (χ0) is 17.6. The summed E-state index contributed by atoms with van der Waals surface area (Å²) in [5, 5.41) is 3.16. The van der Waals surface area contributed by atoms with E-state index in [1.807, 2.05) is 43.4 Å². The first kappa shape index (κ1) is 16.6. The highest BCUT2D eigenvalue weighted by atomic mass is 16.1. The Bertz CT molecular complexity index is 864. The monoisotopic (exact) mass is 332 g/mol. The van der Waals surface area contributed by atoms with Gasteiger partial charge in [-0.2, -0.15) is 4.98 Å². The highest BCUT2D eigenvalue weighted by Gasteiger charge is 2.07. The van der Waals surface area contributed by atoms with Gasteiger partial charge < -0.3 is 10.2 Å². The van der Waals surface area contributed by atoms with E-state index in [2.05, 4.69) is 32.3 Å². The number of carbonyl (C=O) groups is 1. The van der Waals surface area contributed by atoms with Gasteiger partial charge in [-0.25, -0.2) is 4.98 Å². The molecule has 1 N–H and O–H groups in total. The number of nitrogens with zero attached hydrogens (tertiary/aromatic N) is 3. The average molecular weight is 332 g/mol. The molecule has 0 spiro atoms. The minimum absolute atomic E-state index is 0.0286. The van der Waals surface area contributed by atoms with Crippen LogP contribution >= 0.6 is 0 Å². The molecular weight excluding hydrogens is 312 g/mol. The second kappa shape index (κ2) is 7.57. The second-order valence-electron chi connectivity index (χ2n) is 5.84. The molecule has 3 aromatic rings. The lowest BCUT2D eigenvalue weighted by Gasteiger charge is -2.18. The Morgan fingerprint density at radius 3 is 2.64 bits per heavy atom. The molecule has 0 atom stereocenters. The molecule has 0 saturated carbocycles. The van der Waals surface area contributed by atoms with Crippen molar-refractivity contribution in [2.24, 2.45) is 0 Å². The van der Waals surface area contributed by atoms with Gasteiger partial charge >= 0.3 is 0 Å². The summed E-state index contributed by atoms with van der Waals surface area (Å²) in [4.78, 5) is 22.4. The number of nitrogens with one attached hydrogen (secondary N) is 1. The van der Waals surface area contributed by atoms with Crippen LogP contribution in [0.25, 0.3) is 0 Å². The van der Waals surface area contributed by atoms with E-state index in [9.17, 15) is 4.79 Å². The van der Waals surface area contributed by atoms with E-state index in [0.29, 0.717) is 11.5 Å². The molecule has 0 amide bonds. The van der Waals surface area contributed by atoms with Crippen molar-refractivity contribution in [3.8, 4) is 0 Å². The molecule has 0 bridgehead atoms. The normalized spacial score (nSPS) is 10.3. The van der Waals surface area contributed by atoms with Crippen LogP contribution in [0.15, 0.2) is 66.9 Å². The molecule has 2 aromatic carbocycles. The largest absolute Gasteiger partial charge is 0.355 e. The lowest BCUT2D eigenvalue weighted by Crippen LogP contribution is -2.18. The number of aromatic nitrogens is 2. The Hall–Kier alpha value is -3.21. The summed E-state index contributed by atoms with van der Waals surface area (Å²) in [6.45, 7) is 2.31. The van der Waals surface area contributed by atoms with Crippen LogP contribution in [0.2, 0.25) is 0 Å². The number of Topliss-reactive ketones (excluding diaryl/α,β-unsaturated/α-hetero) is 1. The molecule has 5 nitrogen and oxygen atoms in total. The fourth-order valence-corrected chi connectivity index (χ4v) is 2.51. The molecule has 0 aliphatic carbocycles. The molecule has 25 heavy (non-hydrogen) atoms. The molecule has 3 rings (SSSR count). The Labute approximate surface area is 147 Å². The lowest BCUT2D eigenvalue weighted by atomic mass is 10.1. The van der Waals surface area contributed by atoms with Gasteiger partial charge in [0, 0.05) is 31.0 Å². The van der Waals surface area contributed by atoms with E-state index in [4.69, 9.17) is 0 Å². The van der Waals surface area contributed by atoms with Crippen molar-refractivity contribution in [3.05, 3.63) is 78.0 Å². The van der Waals surface area contributed by atoms with Gasteiger partial charge in [0.05, 0.1) is 0 Å². The van der Waals surface area contributed by atoms with E-state index >= 15 is 0 Å². The van der Waals surface area contributed by atoms with Crippen LogP contribution in [-0.2, 0) is 6.54 Å². The fraction of sp³-hybridized carbons (Fsp3) is 0.150. The van der Waals surface area contributed by atoms with Crippen molar-refractivity contribution in [3.63, 3.8) is 0 Å². The summed E-state index contributed by atoms with van der Waals surface area (Å²) in [6, 6.07) is 19.4. The topological polar surface area (TPSA) is 58.1 Å². The quantitative estimate of drug-likeness (QED) is 0.690. The average Bonchev–Trinajstić information content (AvgIpc) is 2.63. The molecule has 0 saturated heterocycles. The van der Waals surface area contributed by atoms with Crippen molar-refractivity contribution < 1.29 is 4.79 Å². The first-order valence-corrected chi connectivity index (χ1v) is 8.08. The van der Waals surface area contributed by atoms with Crippen molar-refractivity contribution in [1.82, 2.24) is 9.97 Å². The SMILES string of the molecule is CC(=O)c1cccc(Nc2nccc(N(C)Cc3ccccc3)n2)c1. The standard InChI is InChI=1S/C20H20N4O/c1-15(25)17-9-6-10-18(13-17)22-20-21-12-11-19(23-20)24(2)14-16-7-4-3-5-8-16/h3-13H,14H2,1-2H3,(H,21,22,23). The molecule has 0 unspecified atom stereocenters. The summed E-state index contributed by atoms with van der Waals surface area (Å²) >= 11 is 0. The maximum absolute atomic E-state index is 11.5. The summed E-state index contributed by atoms with van der Waals surface area (Å²) in [5.41, 5.74) is 2.66. The van der Waals surface area contributed by atoms with Crippen LogP contribution < -0.4 is 10.2 Å². The molecular formula is C20H20N4O. The lowest BCUT2D eigenvalue weighted by molar-refractivity contribution is 0.101. The highest BCUT2D eigenvalue weighted by Crippen LogP contribution is 2.18. The van der Waals surface area contributed by atoms with Crippen molar-refractivity contribution in [1.29, 1.82) is 0 Å².